The second kappa shape index (κ2) is 11.8. The minimum atomic E-state index is -0.903. The molecule has 3 fully saturated rings. The second-order valence-electron chi connectivity index (χ2n) is 10.8. The van der Waals surface area contributed by atoms with E-state index >= 15 is 0 Å². The second-order valence-corrected chi connectivity index (χ2v) is 10.8. The van der Waals surface area contributed by atoms with E-state index in [-0.39, 0.29) is 43.4 Å². The normalized spacial score (nSPS) is 29.8. The number of aliphatic hydroxyl groups is 1. The lowest BCUT2D eigenvalue weighted by Gasteiger charge is -2.43. The molecule has 0 unspecified atom stereocenters. The molecular formula is C33H36O7. The Labute approximate surface area is 235 Å². The van der Waals surface area contributed by atoms with Crippen molar-refractivity contribution >= 4 is 5.97 Å². The maximum atomic E-state index is 11.8. The van der Waals surface area contributed by atoms with Crippen molar-refractivity contribution in [3.05, 3.63) is 108 Å². The fourth-order valence-electron chi connectivity index (χ4n) is 6.44. The summed E-state index contributed by atoms with van der Waals surface area (Å²) in [7, 11) is 1.39. The first-order valence-corrected chi connectivity index (χ1v) is 14.1. The SMILES string of the molecule is COC(=O)C[C@H]1CC[C@@H]2O[C@H]3[C@@H](O)[C@@H](COC(c4ccccc4)(c4ccccc4)c4ccccc4)O[C@H]3C[C@H]2O1. The van der Waals surface area contributed by atoms with Crippen molar-refractivity contribution < 1.29 is 33.6 Å². The largest absolute Gasteiger partial charge is 0.469 e. The van der Waals surface area contributed by atoms with Crippen molar-refractivity contribution in [3.63, 3.8) is 0 Å². The maximum Gasteiger partial charge on any atom is 0.308 e. The van der Waals surface area contributed by atoms with Gasteiger partial charge < -0.3 is 28.8 Å². The third kappa shape index (κ3) is 5.20. The fourth-order valence-corrected chi connectivity index (χ4v) is 6.44. The molecule has 6 rings (SSSR count). The molecular weight excluding hydrogens is 508 g/mol. The maximum absolute atomic E-state index is 11.8. The number of rotatable bonds is 8. The van der Waals surface area contributed by atoms with Crippen LogP contribution < -0.4 is 0 Å². The summed E-state index contributed by atoms with van der Waals surface area (Å²) in [4.78, 5) is 11.8. The molecule has 3 aliphatic rings. The molecule has 0 spiro atoms. The van der Waals surface area contributed by atoms with Gasteiger partial charge in [-0.15, -0.1) is 0 Å². The molecule has 210 valence electrons. The van der Waals surface area contributed by atoms with Crippen molar-refractivity contribution in [2.45, 2.75) is 74.0 Å². The zero-order valence-electron chi connectivity index (χ0n) is 22.6. The summed E-state index contributed by atoms with van der Waals surface area (Å²) in [6.45, 7) is 0.164. The Morgan fingerprint density at radius 1 is 0.800 bits per heavy atom. The van der Waals surface area contributed by atoms with E-state index in [0.717, 1.165) is 23.1 Å². The third-order valence-electron chi connectivity index (χ3n) is 8.41. The van der Waals surface area contributed by atoms with Crippen LogP contribution in [0.4, 0.5) is 0 Å². The molecule has 40 heavy (non-hydrogen) atoms. The van der Waals surface area contributed by atoms with Gasteiger partial charge in [0.15, 0.2) is 0 Å². The zero-order valence-corrected chi connectivity index (χ0v) is 22.6. The zero-order chi connectivity index (χ0) is 27.5. The molecule has 1 N–H and O–H groups in total. The van der Waals surface area contributed by atoms with E-state index < -0.39 is 23.9 Å². The fraction of sp³-hybridized carbons (Fsp3) is 0.424. The number of hydrogen-bond acceptors (Lipinski definition) is 7. The summed E-state index contributed by atoms with van der Waals surface area (Å²) in [6, 6.07) is 30.5. The van der Waals surface area contributed by atoms with Gasteiger partial charge in [-0.05, 0) is 29.5 Å². The number of esters is 1. The van der Waals surface area contributed by atoms with E-state index in [4.69, 9.17) is 23.7 Å². The molecule has 3 aromatic rings. The topological polar surface area (TPSA) is 83.5 Å². The molecule has 0 amide bonds. The van der Waals surface area contributed by atoms with Crippen LogP contribution in [0.1, 0.15) is 42.4 Å². The van der Waals surface area contributed by atoms with Gasteiger partial charge in [0.25, 0.3) is 0 Å². The molecule has 3 saturated heterocycles. The van der Waals surface area contributed by atoms with Crippen molar-refractivity contribution in [2.75, 3.05) is 13.7 Å². The highest BCUT2D eigenvalue weighted by atomic mass is 16.6. The van der Waals surface area contributed by atoms with Gasteiger partial charge in [0.1, 0.15) is 23.9 Å². The van der Waals surface area contributed by atoms with E-state index in [2.05, 4.69) is 36.4 Å². The lowest BCUT2D eigenvalue weighted by Crippen LogP contribution is -2.53. The Kier molecular flexibility index (Phi) is 8.01. The van der Waals surface area contributed by atoms with Crippen LogP contribution in [0.5, 0.6) is 0 Å². The molecule has 0 aromatic heterocycles. The first-order valence-electron chi connectivity index (χ1n) is 14.1. The number of aliphatic hydroxyl groups excluding tert-OH is 1. The van der Waals surface area contributed by atoms with Crippen LogP contribution in [0.3, 0.4) is 0 Å². The van der Waals surface area contributed by atoms with Crippen molar-refractivity contribution in [1.29, 1.82) is 0 Å². The van der Waals surface area contributed by atoms with Gasteiger partial charge in [-0.25, -0.2) is 0 Å². The number of methoxy groups -OCH3 is 1. The smallest absolute Gasteiger partial charge is 0.308 e. The molecule has 7 heteroatoms. The van der Waals surface area contributed by atoms with E-state index in [1.807, 2.05) is 54.6 Å². The molecule has 0 bridgehead atoms. The highest BCUT2D eigenvalue weighted by molar-refractivity contribution is 5.69. The van der Waals surface area contributed by atoms with Crippen LogP contribution in [0.25, 0.3) is 0 Å². The molecule has 3 aliphatic heterocycles. The van der Waals surface area contributed by atoms with Gasteiger partial charge in [-0.3, -0.25) is 4.79 Å². The van der Waals surface area contributed by atoms with Crippen molar-refractivity contribution in [1.82, 2.24) is 0 Å². The Bertz CT molecular complexity index is 1150. The summed E-state index contributed by atoms with van der Waals surface area (Å²) in [5, 5.41) is 11.4. The highest BCUT2D eigenvalue weighted by Crippen LogP contribution is 2.43. The Morgan fingerprint density at radius 3 is 1.93 bits per heavy atom. The Balaban J connectivity index is 1.23. The van der Waals surface area contributed by atoms with Crippen LogP contribution in [-0.4, -0.2) is 67.5 Å². The number of carbonyl (C=O) groups is 1. The van der Waals surface area contributed by atoms with Crippen molar-refractivity contribution in [3.8, 4) is 0 Å². The Morgan fingerprint density at radius 2 is 1.38 bits per heavy atom. The number of benzene rings is 3. The molecule has 3 aromatic carbocycles. The number of ether oxygens (including phenoxy) is 5. The van der Waals surface area contributed by atoms with Crippen molar-refractivity contribution in [2.24, 2.45) is 0 Å². The standard InChI is InChI=1S/C33H36O7/c1-36-30(34)19-25-17-18-26-27(38-25)20-28-32(40-26)31(35)29(39-28)21-37-33(22-11-5-2-6-12-22,23-13-7-3-8-14-23)24-15-9-4-10-16-24/h2-16,25-29,31-32,35H,17-21H2,1H3/t25-,26+,27-,28+,29-,31+,32-/m1/s1. The number of hydrogen-bond donors (Lipinski definition) is 1. The quantitative estimate of drug-likeness (QED) is 0.333. The molecule has 0 radical (unpaired) electrons. The summed E-state index contributed by atoms with van der Waals surface area (Å²) in [5.74, 6) is -0.276. The first-order chi connectivity index (χ1) is 19.6. The van der Waals surface area contributed by atoms with Crippen LogP contribution >= 0.6 is 0 Å². The molecule has 7 nitrogen and oxygen atoms in total. The summed E-state index contributed by atoms with van der Waals surface area (Å²) in [5.41, 5.74) is 2.07. The monoisotopic (exact) mass is 544 g/mol. The average Bonchev–Trinajstić information content (AvgIpc) is 3.31. The van der Waals surface area contributed by atoms with Gasteiger partial charge in [0, 0.05) is 6.42 Å². The van der Waals surface area contributed by atoms with Gasteiger partial charge in [0.05, 0.1) is 44.6 Å². The summed E-state index contributed by atoms with van der Waals surface area (Å²) in [6.07, 6.45) is -0.378. The lowest BCUT2D eigenvalue weighted by atomic mass is 9.80. The summed E-state index contributed by atoms with van der Waals surface area (Å²) < 4.78 is 30.7. The Hall–Kier alpha value is -3.07. The van der Waals surface area contributed by atoms with E-state index in [9.17, 15) is 9.90 Å². The van der Waals surface area contributed by atoms with Crippen LogP contribution in [0.15, 0.2) is 91.0 Å². The molecule has 3 heterocycles. The van der Waals surface area contributed by atoms with Gasteiger partial charge in [-0.1, -0.05) is 91.0 Å². The third-order valence-corrected chi connectivity index (χ3v) is 8.41. The lowest BCUT2D eigenvalue weighted by molar-refractivity contribution is -0.217. The van der Waals surface area contributed by atoms with Crippen LogP contribution in [-0.2, 0) is 34.1 Å². The van der Waals surface area contributed by atoms with Crippen LogP contribution in [0.2, 0.25) is 0 Å². The first kappa shape index (κ1) is 27.1. The van der Waals surface area contributed by atoms with E-state index in [1.54, 1.807) is 0 Å². The highest BCUT2D eigenvalue weighted by Gasteiger charge is 2.53. The minimum absolute atomic E-state index is 0.134. The summed E-state index contributed by atoms with van der Waals surface area (Å²) >= 11 is 0. The number of carbonyl (C=O) groups excluding carboxylic acids is 1. The minimum Gasteiger partial charge on any atom is -0.469 e. The predicted molar refractivity (Wildman–Crippen MR) is 148 cm³/mol. The predicted octanol–water partition coefficient (Wildman–Crippen LogP) is 4.39. The van der Waals surface area contributed by atoms with E-state index in [0.29, 0.717) is 12.8 Å². The average molecular weight is 545 g/mol. The van der Waals surface area contributed by atoms with E-state index in [1.165, 1.54) is 7.11 Å². The molecule has 7 atom stereocenters. The van der Waals surface area contributed by atoms with Gasteiger partial charge in [-0.2, -0.15) is 0 Å². The van der Waals surface area contributed by atoms with Gasteiger partial charge >= 0.3 is 5.97 Å². The number of fused-ring (bicyclic) bond motifs is 2. The van der Waals surface area contributed by atoms with Crippen LogP contribution in [0, 0.1) is 0 Å². The molecule has 0 saturated carbocycles. The van der Waals surface area contributed by atoms with Gasteiger partial charge in [0.2, 0.25) is 0 Å². The molecule has 0 aliphatic carbocycles.